The van der Waals surface area contributed by atoms with Crippen molar-refractivity contribution in [2.24, 2.45) is 29.6 Å². The van der Waals surface area contributed by atoms with Gasteiger partial charge in [-0.1, -0.05) is 32.1 Å². The SMILES string of the molecule is CCOC(=O)C1C2CN(CCOC3CCC(CC4CCCCC4)CC3)CC21. The maximum absolute atomic E-state index is 11.8. The van der Waals surface area contributed by atoms with E-state index in [-0.39, 0.29) is 11.9 Å². The number of fused-ring (bicyclic) bond motifs is 1. The summed E-state index contributed by atoms with van der Waals surface area (Å²) >= 11 is 0. The normalized spacial score (nSPS) is 37.1. The Balaban J connectivity index is 1.05. The van der Waals surface area contributed by atoms with Crippen LogP contribution in [0.4, 0.5) is 0 Å². The second-order valence-corrected chi connectivity index (χ2v) is 9.62. The molecule has 3 saturated carbocycles. The molecule has 1 saturated heterocycles. The molecule has 0 spiro atoms. The van der Waals surface area contributed by atoms with Crippen LogP contribution < -0.4 is 0 Å². The number of nitrogens with zero attached hydrogens (tertiary/aromatic N) is 1. The van der Waals surface area contributed by atoms with Crippen LogP contribution in [0.5, 0.6) is 0 Å². The molecule has 4 aliphatic rings. The third kappa shape index (κ3) is 5.06. The highest BCUT2D eigenvalue weighted by Crippen LogP contribution is 2.52. The fourth-order valence-corrected chi connectivity index (χ4v) is 6.16. The summed E-state index contributed by atoms with van der Waals surface area (Å²) in [6, 6.07) is 0. The summed E-state index contributed by atoms with van der Waals surface area (Å²) in [6.07, 6.45) is 14.7. The second-order valence-electron chi connectivity index (χ2n) is 9.62. The molecule has 4 nitrogen and oxygen atoms in total. The molecule has 2 unspecified atom stereocenters. The molecule has 0 aromatic carbocycles. The quantitative estimate of drug-likeness (QED) is 0.592. The van der Waals surface area contributed by atoms with Gasteiger partial charge in [0, 0.05) is 19.6 Å². The van der Waals surface area contributed by atoms with Gasteiger partial charge in [0.05, 0.1) is 25.2 Å². The number of carbonyl (C=O) groups is 1. The van der Waals surface area contributed by atoms with E-state index in [2.05, 4.69) is 4.90 Å². The first-order valence-electron chi connectivity index (χ1n) is 11.7. The van der Waals surface area contributed by atoms with Crippen LogP contribution in [-0.2, 0) is 14.3 Å². The van der Waals surface area contributed by atoms with Crippen LogP contribution in [-0.4, -0.2) is 49.8 Å². The van der Waals surface area contributed by atoms with Gasteiger partial charge in [-0.25, -0.2) is 0 Å². The molecular weight excluding hydrogens is 338 g/mol. The maximum Gasteiger partial charge on any atom is 0.309 e. The zero-order chi connectivity index (χ0) is 18.6. The van der Waals surface area contributed by atoms with Crippen molar-refractivity contribution >= 4 is 5.97 Å². The number of esters is 1. The molecule has 4 rings (SSSR count). The molecule has 154 valence electrons. The first kappa shape index (κ1) is 19.7. The predicted octanol–water partition coefficient (Wildman–Crippen LogP) is 4.27. The third-order valence-corrected chi connectivity index (χ3v) is 7.77. The van der Waals surface area contributed by atoms with E-state index in [9.17, 15) is 4.79 Å². The van der Waals surface area contributed by atoms with Gasteiger partial charge < -0.3 is 14.4 Å². The van der Waals surface area contributed by atoms with Gasteiger partial charge in [-0.15, -0.1) is 0 Å². The van der Waals surface area contributed by atoms with Gasteiger partial charge in [0.15, 0.2) is 0 Å². The zero-order valence-corrected chi connectivity index (χ0v) is 17.2. The standard InChI is InChI=1S/C23H39NO3/c1-2-26-23(25)22-20-15-24(16-21(20)22)12-13-27-19-10-8-18(9-11-19)14-17-6-4-3-5-7-17/h17-22H,2-16H2,1H3. The van der Waals surface area contributed by atoms with Gasteiger partial charge in [0.2, 0.25) is 0 Å². The van der Waals surface area contributed by atoms with Gasteiger partial charge in [-0.2, -0.15) is 0 Å². The van der Waals surface area contributed by atoms with Gasteiger partial charge in [0.25, 0.3) is 0 Å². The van der Waals surface area contributed by atoms with E-state index in [1.165, 1.54) is 64.2 Å². The predicted molar refractivity (Wildman–Crippen MR) is 106 cm³/mol. The summed E-state index contributed by atoms with van der Waals surface area (Å²) in [4.78, 5) is 14.3. The van der Waals surface area contributed by atoms with Crippen LogP contribution in [0.1, 0.15) is 71.1 Å². The maximum atomic E-state index is 11.8. The molecule has 0 aromatic rings. The van der Waals surface area contributed by atoms with Crippen molar-refractivity contribution in [2.75, 3.05) is 32.8 Å². The fraction of sp³-hybridized carbons (Fsp3) is 0.957. The fourth-order valence-electron chi connectivity index (χ4n) is 6.16. The minimum atomic E-state index is 0.0355. The monoisotopic (exact) mass is 377 g/mol. The highest BCUT2D eigenvalue weighted by Gasteiger charge is 2.59. The van der Waals surface area contributed by atoms with E-state index >= 15 is 0 Å². The van der Waals surface area contributed by atoms with Crippen molar-refractivity contribution in [1.82, 2.24) is 4.90 Å². The average molecular weight is 378 g/mol. The number of hydrogen-bond donors (Lipinski definition) is 0. The number of rotatable bonds is 8. The van der Waals surface area contributed by atoms with Crippen LogP contribution in [0.25, 0.3) is 0 Å². The zero-order valence-electron chi connectivity index (χ0n) is 17.2. The molecule has 1 aliphatic heterocycles. The molecule has 4 heteroatoms. The van der Waals surface area contributed by atoms with Crippen LogP contribution in [0, 0.1) is 29.6 Å². The largest absolute Gasteiger partial charge is 0.466 e. The first-order chi connectivity index (χ1) is 13.2. The molecule has 1 heterocycles. The molecule has 27 heavy (non-hydrogen) atoms. The minimum Gasteiger partial charge on any atom is -0.466 e. The molecule has 0 N–H and O–H groups in total. The molecule has 2 atom stereocenters. The van der Waals surface area contributed by atoms with Crippen molar-refractivity contribution in [3.63, 3.8) is 0 Å². The Morgan fingerprint density at radius 3 is 2.26 bits per heavy atom. The second kappa shape index (κ2) is 9.26. The highest BCUT2D eigenvalue weighted by atomic mass is 16.5. The number of piperidine rings is 1. The van der Waals surface area contributed by atoms with Crippen molar-refractivity contribution in [2.45, 2.75) is 77.2 Å². The van der Waals surface area contributed by atoms with E-state index in [0.717, 1.165) is 38.1 Å². The van der Waals surface area contributed by atoms with Gasteiger partial charge in [0.1, 0.15) is 0 Å². The Morgan fingerprint density at radius 1 is 0.926 bits per heavy atom. The summed E-state index contributed by atoms with van der Waals surface area (Å²) in [5.74, 6) is 3.34. The van der Waals surface area contributed by atoms with E-state index in [4.69, 9.17) is 9.47 Å². The van der Waals surface area contributed by atoms with E-state index in [1.54, 1.807) is 0 Å². The van der Waals surface area contributed by atoms with Crippen LogP contribution >= 0.6 is 0 Å². The third-order valence-electron chi connectivity index (χ3n) is 7.77. The molecular formula is C23H39NO3. The summed E-state index contributed by atoms with van der Waals surface area (Å²) in [7, 11) is 0. The average Bonchev–Trinajstić information content (AvgIpc) is 3.20. The number of ether oxygens (including phenoxy) is 2. The molecule has 0 bridgehead atoms. The molecule has 0 amide bonds. The topological polar surface area (TPSA) is 38.8 Å². The lowest BCUT2D eigenvalue weighted by Gasteiger charge is -2.32. The Hall–Kier alpha value is -0.610. The Morgan fingerprint density at radius 2 is 1.59 bits per heavy atom. The van der Waals surface area contributed by atoms with Crippen LogP contribution in [0.3, 0.4) is 0 Å². The summed E-state index contributed by atoms with van der Waals surface area (Å²) in [6.45, 7) is 6.42. The van der Waals surface area contributed by atoms with Crippen molar-refractivity contribution < 1.29 is 14.3 Å². The van der Waals surface area contributed by atoms with E-state index in [1.807, 2.05) is 6.92 Å². The Bertz CT molecular complexity index is 470. The Kier molecular flexibility index (Phi) is 6.75. The van der Waals surface area contributed by atoms with Crippen molar-refractivity contribution in [3.8, 4) is 0 Å². The van der Waals surface area contributed by atoms with Crippen LogP contribution in [0.15, 0.2) is 0 Å². The highest BCUT2D eigenvalue weighted by molar-refractivity contribution is 5.77. The number of likely N-dealkylation sites (tertiary alicyclic amines) is 1. The van der Waals surface area contributed by atoms with Crippen molar-refractivity contribution in [3.05, 3.63) is 0 Å². The van der Waals surface area contributed by atoms with Gasteiger partial charge in [-0.05, 0) is 62.7 Å². The number of carbonyl (C=O) groups excluding carboxylic acids is 1. The molecule has 3 aliphatic carbocycles. The molecule has 4 fully saturated rings. The van der Waals surface area contributed by atoms with Gasteiger partial charge in [-0.3, -0.25) is 4.79 Å². The van der Waals surface area contributed by atoms with Gasteiger partial charge >= 0.3 is 5.97 Å². The number of hydrogen-bond acceptors (Lipinski definition) is 4. The lowest BCUT2D eigenvalue weighted by atomic mass is 9.77. The lowest BCUT2D eigenvalue weighted by molar-refractivity contribution is -0.145. The molecule has 0 radical (unpaired) electrons. The smallest absolute Gasteiger partial charge is 0.309 e. The molecule has 0 aromatic heterocycles. The Labute approximate surface area is 165 Å². The first-order valence-corrected chi connectivity index (χ1v) is 11.7. The summed E-state index contributed by atoms with van der Waals surface area (Å²) < 4.78 is 11.4. The van der Waals surface area contributed by atoms with Crippen LogP contribution in [0.2, 0.25) is 0 Å². The summed E-state index contributed by atoms with van der Waals surface area (Å²) in [5.41, 5.74) is 0. The minimum absolute atomic E-state index is 0.0355. The van der Waals surface area contributed by atoms with E-state index in [0.29, 0.717) is 24.5 Å². The van der Waals surface area contributed by atoms with Crippen molar-refractivity contribution in [1.29, 1.82) is 0 Å². The van der Waals surface area contributed by atoms with E-state index < -0.39 is 0 Å². The summed E-state index contributed by atoms with van der Waals surface area (Å²) in [5, 5.41) is 0. The lowest BCUT2D eigenvalue weighted by Crippen LogP contribution is -2.32.